The first-order valence-electron chi connectivity index (χ1n) is 9.34. The summed E-state index contributed by atoms with van der Waals surface area (Å²) >= 11 is 0. The molecule has 1 aliphatic carbocycles. The molecule has 7 heteroatoms. The number of methoxy groups -OCH3 is 1. The van der Waals surface area contributed by atoms with Crippen molar-refractivity contribution < 1.29 is 4.74 Å². The van der Waals surface area contributed by atoms with E-state index in [1.807, 2.05) is 16.7 Å². The van der Waals surface area contributed by atoms with Gasteiger partial charge in [0.1, 0.15) is 11.6 Å². The summed E-state index contributed by atoms with van der Waals surface area (Å²) in [6.07, 6.45) is 8.62. The van der Waals surface area contributed by atoms with E-state index < -0.39 is 0 Å². The fourth-order valence-corrected chi connectivity index (χ4v) is 4.25. The van der Waals surface area contributed by atoms with Gasteiger partial charge in [-0.3, -0.25) is 14.5 Å². The van der Waals surface area contributed by atoms with Crippen molar-refractivity contribution in [1.29, 1.82) is 0 Å². The highest BCUT2D eigenvalue weighted by molar-refractivity contribution is 5.30. The molecule has 0 radical (unpaired) electrons. The molecule has 3 aromatic rings. The molecule has 3 heterocycles. The lowest BCUT2D eigenvalue weighted by Crippen LogP contribution is -2.35. The number of benzene rings is 1. The Kier molecular flexibility index (Phi) is 3.81. The number of hydrogen-bond donors (Lipinski definition) is 0. The molecule has 0 spiro atoms. The Morgan fingerprint density at radius 2 is 1.96 bits per heavy atom. The van der Waals surface area contributed by atoms with Gasteiger partial charge >= 0.3 is 5.69 Å². The zero-order chi connectivity index (χ0) is 18.4. The van der Waals surface area contributed by atoms with Gasteiger partial charge in [0.25, 0.3) is 0 Å². The van der Waals surface area contributed by atoms with Gasteiger partial charge in [-0.15, -0.1) is 0 Å². The lowest BCUT2D eigenvalue weighted by atomic mass is 9.76. The predicted molar refractivity (Wildman–Crippen MR) is 99.0 cm³/mol. The monoisotopic (exact) mass is 363 g/mol. The molecule has 138 valence electrons. The third-order valence-electron chi connectivity index (χ3n) is 5.83. The average Bonchev–Trinajstić information content (AvgIpc) is 3.23. The van der Waals surface area contributed by atoms with E-state index in [1.54, 1.807) is 30.4 Å². The van der Waals surface area contributed by atoms with Crippen molar-refractivity contribution in [1.82, 2.24) is 24.3 Å². The zero-order valence-electron chi connectivity index (χ0n) is 15.2. The van der Waals surface area contributed by atoms with Crippen LogP contribution in [0.4, 0.5) is 0 Å². The fourth-order valence-electron chi connectivity index (χ4n) is 4.25. The van der Waals surface area contributed by atoms with Crippen molar-refractivity contribution in [2.75, 3.05) is 7.11 Å². The summed E-state index contributed by atoms with van der Waals surface area (Å²) in [5.74, 6) is 2.20. The van der Waals surface area contributed by atoms with Gasteiger partial charge in [-0.2, -0.15) is 5.10 Å². The van der Waals surface area contributed by atoms with Gasteiger partial charge in [0.2, 0.25) is 0 Å². The summed E-state index contributed by atoms with van der Waals surface area (Å²) in [7, 11) is 1.67. The molecule has 2 aromatic heterocycles. The number of rotatable bonds is 4. The van der Waals surface area contributed by atoms with E-state index in [2.05, 4.69) is 27.2 Å². The highest BCUT2D eigenvalue weighted by Gasteiger charge is 2.37. The van der Waals surface area contributed by atoms with E-state index in [0.29, 0.717) is 5.92 Å². The summed E-state index contributed by atoms with van der Waals surface area (Å²) < 4.78 is 8.72. The minimum Gasteiger partial charge on any atom is -0.497 e. The van der Waals surface area contributed by atoms with Crippen LogP contribution in [0.5, 0.6) is 5.75 Å². The van der Waals surface area contributed by atoms with Crippen LogP contribution in [0.3, 0.4) is 0 Å². The number of nitrogens with zero attached hydrogens (tertiary/aromatic N) is 5. The van der Waals surface area contributed by atoms with E-state index in [-0.39, 0.29) is 17.8 Å². The lowest BCUT2D eigenvalue weighted by molar-refractivity contribution is 0.236. The molecule has 7 nitrogen and oxygen atoms in total. The largest absolute Gasteiger partial charge is 0.497 e. The molecular formula is C20H21N5O2. The molecule has 0 saturated heterocycles. The molecule has 5 rings (SSSR count). The first-order valence-corrected chi connectivity index (χ1v) is 9.34. The van der Waals surface area contributed by atoms with Crippen molar-refractivity contribution >= 4 is 0 Å². The van der Waals surface area contributed by atoms with Crippen LogP contribution in [-0.4, -0.2) is 31.4 Å². The van der Waals surface area contributed by atoms with Crippen LogP contribution in [0.15, 0.2) is 47.7 Å². The molecule has 2 aliphatic rings. The van der Waals surface area contributed by atoms with Gasteiger partial charge in [0.05, 0.1) is 31.1 Å². The number of hydrogen-bond acceptors (Lipinski definition) is 5. The molecule has 27 heavy (non-hydrogen) atoms. The Morgan fingerprint density at radius 1 is 1.15 bits per heavy atom. The molecule has 1 saturated carbocycles. The van der Waals surface area contributed by atoms with Gasteiger partial charge < -0.3 is 4.74 Å². The predicted octanol–water partition coefficient (Wildman–Crippen LogP) is 2.50. The first-order chi connectivity index (χ1) is 13.2. The molecule has 1 fully saturated rings. The summed E-state index contributed by atoms with van der Waals surface area (Å²) in [4.78, 5) is 21.5. The Labute approximate surface area is 156 Å². The van der Waals surface area contributed by atoms with Crippen molar-refractivity contribution in [2.45, 2.75) is 43.7 Å². The highest BCUT2D eigenvalue weighted by atomic mass is 16.5. The summed E-state index contributed by atoms with van der Waals surface area (Å²) in [5, 5.41) is 4.64. The van der Waals surface area contributed by atoms with Crippen LogP contribution in [0, 0.1) is 0 Å². The van der Waals surface area contributed by atoms with Gasteiger partial charge in [0, 0.05) is 18.8 Å². The normalized spacial score (nSPS) is 23.7. The second-order valence-electron chi connectivity index (χ2n) is 7.29. The van der Waals surface area contributed by atoms with E-state index in [4.69, 9.17) is 4.74 Å². The maximum atomic E-state index is 13.0. The van der Waals surface area contributed by atoms with Crippen LogP contribution in [0.2, 0.25) is 0 Å². The second kappa shape index (κ2) is 6.33. The SMILES string of the molecule is COc1ccc(C2CC(n3nc4n(c3=O)C(c3cnccn3)CC4)C2)cc1. The zero-order valence-corrected chi connectivity index (χ0v) is 15.2. The first kappa shape index (κ1) is 16.2. The number of fused-ring (bicyclic) bond motifs is 1. The van der Waals surface area contributed by atoms with Gasteiger partial charge in [-0.1, -0.05) is 12.1 Å². The Bertz CT molecular complexity index is 1000. The Morgan fingerprint density at radius 3 is 2.67 bits per heavy atom. The molecule has 0 amide bonds. The van der Waals surface area contributed by atoms with Crippen LogP contribution in [0.25, 0.3) is 0 Å². The van der Waals surface area contributed by atoms with E-state index in [1.165, 1.54) is 5.56 Å². The molecular weight excluding hydrogens is 342 g/mol. The highest BCUT2D eigenvalue weighted by Crippen LogP contribution is 2.44. The summed E-state index contributed by atoms with van der Waals surface area (Å²) in [6.45, 7) is 0. The second-order valence-corrected chi connectivity index (χ2v) is 7.29. The summed E-state index contributed by atoms with van der Waals surface area (Å²) in [5.41, 5.74) is 2.11. The topological polar surface area (TPSA) is 74.8 Å². The van der Waals surface area contributed by atoms with E-state index >= 15 is 0 Å². The quantitative estimate of drug-likeness (QED) is 0.712. The molecule has 1 atom stereocenters. The van der Waals surface area contributed by atoms with Crippen molar-refractivity contribution in [3.8, 4) is 5.75 Å². The van der Waals surface area contributed by atoms with Crippen LogP contribution < -0.4 is 10.4 Å². The van der Waals surface area contributed by atoms with Crippen molar-refractivity contribution in [2.24, 2.45) is 0 Å². The molecule has 1 unspecified atom stereocenters. The lowest BCUT2D eigenvalue weighted by Gasteiger charge is -2.35. The number of aryl methyl sites for hydroxylation is 1. The fraction of sp³-hybridized carbons (Fsp3) is 0.400. The number of ether oxygens (including phenoxy) is 1. The smallest absolute Gasteiger partial charge is 0.346 e. The van der Waals surface area contributed by atoms with Gasteiger partial charge in [-0.25, -0.2) is 9.48 Å². The standard InChI is InChI=1S/C20H21N5O2/c1-27-16-4-2-13(3-5-16)14-10-15(11-14)25-20(26)24-18(6-7-19(24)23-25)17-12-21-8-9-22-17/h2-5,8-9,12,14-15,18H,6-7,10-11H2,1H3. The third kappa shape index (κ3) is 2.65. The molecule has 0 N–H and O–H groups in total. The maximum Gasteiger partial charge on any atom is 0.346 e. The van der Waals surface area contributed by atoms with E-state index in [9.17, 15) is 4.79 Å². The molecule has 1 aliphatic heterocycles. The van der Waals surface area contributed by atoms with Crippen molar-refractivity contribution in [3.63, 3.8) is 0 Å². The molecule has 0 bridgehead atoms. The molecule has 1 aromatic carbocycles. The number of aromatic nitrogens is 5. The Balaban J connectivity index is 1.35. The van der Waals surface area contributed by atoms with E-state index in [0.717, 1.165) is 43.0 Å². The minimum atomic E-state index is -0.0487. The van der Waals surface area contributed by atoms with Crippen LogP contribution in [0.1, 0.15) is 54.3 Å². The summed E-state index contributed by atoms with van der Waals surface area (Å²) in [6, 6.07) is 8.33. The average molecular weight is 363 g/mol. The third-order valence-corrected chi connectivity index (χ3v) is 5.83. The van der Waals surface area contributed by atoms with Crippen LogP contribution >= 0.6 is 0 Å². The Hall–Kier alpha value is -2.96. The maximum absolute atomic E-state index is 13.0. The van der Waals surface area contributed by atoms with Gasteiger partial charge in [-0.05, 0) is 42.9 Å². The van der Waals surface area contributed by atoms with Crippen LogP contribution in [-0.2, 0) is 6.42 Å². The van der Waals surface area contributed by atoms with Gasteiger partial charge in [0.15, 0.2) is 0 Å². The minimum absolute atomic E-state index is 0.0173. The van der Waals surface area contributed by atoms with Crippen molar-refractivity contribution in [3.05, 3.63) is 70.4 Å².